The topological polar surface area (TPSA) is 61.4 Å². The molecule has 5 heteroatoms. The van der Waals surface area contributed by atoms with Gasteiger partial charge in [0, 0.05) is 24.3 Å². The number of carbonyl (C=O) groups is 2. The van der Waals surface area contributed by atoms with Gasteiger partial charge in [-0.05, 0) is 43.0 Å². The van der Waals surface area contributed by atoms with Crippen LogP contribution in [0.1, 0.15) is 35.2 Å². The van der Waals surface area contributed by atoms with Crippen LogP contribution in [0.5, 0.6) is 0 Å². The van der Waals surface area contributed by atoms with Gasteiger partial charge in [0.2, 0.25) is 0 Å². The molecule has 3 amide bonds. The highest BCUT2D eigenvalue weighted by molar-refractivity contribution is 5.98. The van der Waals surface area contributed by atoms with Gasteiger partial charge in [0.25, 0.3) is 5.91 Å². The van der Waals surface area contributed by atoms with Crippen LogP contribution in [0.4, 0.5) is 10.5 Å². The maximum absolute atomic E-state index is 12.8. The maximum atomic E-state index is 12.8. The molecule has 0 spiro atoms. The van der Waals surface area contributed by atoms with Gasteiger partial charge in [0.15, 0.2) is 0 Å². The molecule has 1 saturated heterocycles. The highest BCUT2D eigenvalue weighted by Crippen LogP contribution is 2.41. The molecule has 4 rings (SSSR count). The fourth-order valence-electron chi connectivity index (χ4n) is 3.60. The fraction of sp³-hybridized carbons (Fsp3) is 0.300. The van der Waals surface area contributed by atoms with E-state index in [0.29, 0.717) is 18.7 Å². The third-order valence-corrected chi connectivity index (χ3v) is 5.16. The number of nitrogens with one attached hydrogen (secondary N) is 2. The highest BCUT2D eigenvalue weighted by atomic mass is 16.2. The fourth-order valence-corrected chi connectivity index (χ4v) is 3.60. The van der Waals surface area contributed by atoms with Gasteiger partial charge in [-0.1, -0.05) is 36.4 Å². The monoisotopic (exact) mass is 335 g/mol. The van der Waals surface area contributed by atoms with Crippen molar-refractivity contribution in [1.82, 2.24) is 10.6 Å². The van der Waals surface area contributed by atoms with E-state index < -0.39 is 0 Å². The average molecular weight is 335 g/mol. The van der Waals surface area contributed by atoms with E-state index in [4.69, 9.17) is 0 Å². The van der Waals surface area contributed by atoms with Crippen molar-refractivity contribution in [3.63, 3.8) is 0 Å². The lowest BCUT2D eigenvalue weighted by atomic mass is 9.71. The first-order valence-corrected chi connectivity index (χ1v) is 8.71. The number of benzene rings is 2. The minimum absolute atomic E-state index is 0.0926. The van der Waals surface area contributed by atoms with Crippen molar-refractivity contribution in [1.29, 1.82) is 0 Å². The second-order valence-corrected chi connectivity index (χ2v) is 6.69. The molecule has 0 atom stereocenters. The summed E-state index contributed by atoms with van der Waals surface area (Å²) in [6, 6.07) is 17.3. The average Bonchev–Trinajstić information content (AvgIpc) is 3.05. The number of anilines is 1. The molecule has 128 valence electrons. The zero-order chi connectivity index (χ0) is 17.3. The second kappa shape index (κ2) is 6.24. The third-order valence-electron chi connectivity index (χ3n) is 5.16. The molecule has 0 bridgehead atoms. The number of amides is 3. The number of urea groups is 1. The van der Waals surface area contributed by atoms with Crippen molar-refractivity contribution in [2.75, 3.05) is 18.0 Å². The Morgan fingerprint density at radius 2 is 1.88 bits per heavy atom. The largest absolute Gasteiger partial charge is 0.343 e. The van der Waals surface area contributed by atoms with Gasteiger partial charge >= 0.3 is 6.03 Å². The Morgan fingerprint density at radius 1 is 1.08 bits per heavy atom. The normalized spacial score (nSPS) is 18.4. The van der Waals surface area contributed by atoms with E-state index in [-0.39, 0.29) is 17.5 Å². The lowest BCUT2D eigenvalue weighted by Gasteiger charge is -2.43. The van der Waals surface area contributed by atoms with Crippen molar-refractivity contribution in [2.45, 2.75) is 24.8 Å². The summed E-state index contributed by atoms with van der Waals surface area (Å²) in [5, 5.41) is 6.01. The minimum Gasteiger partial charge on any atom is -0.343 e. The number of hydrogen-bond acceptors (Lipinski definition) is 2. The molecule has 5 nitrogen and oxygen atoms in total. The van der Waals surface area contributed by atoms with Crippen LogP contribution >= 0.6 is 0 Å². The van der Waals surface area contributed by atoms with Gasteiger partial charge < -0.3 is 10.6 Å². The summed E-state index contributed by atoms with van der Waals surface area (Å²) >= 11 is 0. The molecule has 2 N–H and O–H groups in total. The molecule has 0 unspecified atom stereocenters. The smallest absolute Gasteiger partial charge is 0.321 e. The Kier molecular flexibility index (Phi) is 3.92. The summed E-state index contributed by atoms with van der Waals surface area (Å²) < 4.78 is 0. The first-order chi connectivity index (χ1) is 12.2. The second-order valence-electron chi connectivity index (χ2n) is 6.69. The van der Waals surface area contributed by atoms with E-state index in [2.05, 4.69) is 22.8 Å². The van der Waals surface area contributed by atoms with Gasteiger partial charge in [0.05, 0.1) is 5.54 Å². The molecular formula is C20H21N3O2. The third kappa shape index (κ3) is 2.86. The molecule has 2 fully saturated rings. The van der Waals surface area contributed by atoms with Gasteiger partial charge in [-0.3, -0.25) is 9.69 Å². The molecule has 0 aromatic heterocycles. The predicted octanol–water partition coefficient (Wildman–Crippen LogP) is 3.03. The Labute approximate surface area is 147 Å². The predicted molar refractivity (Wildman–Crippen MR) is 96.6 cm³/mol. The van der Waals surface area contributed by atoms with Crippen molar-refractivity contribution in [2.24, 2.45) is 0 Å². The molecule has 25 heavy (non-hydrogen) atoms. The van der Waals surface area contributed by atoms with Crippen LogP contribution in [0.2, 0.25) is 0 Å². The Bertz CT molecular complexity index is 800. The summed E-state index contributed by atoms with van der Waals surface area (Å²) in [6.07, 6.45) is 3.02. The van der Waals surface area contributed by atoms with Crippen LogP contribution in [0.25, 0.3) is 0 Å². The standard InChI is InChI=1S/C20H21N3O2/c24-18(22-20(10-5-11-20)16-7-2-1-3-8-16)15-6-4-9-17(14-15)23-13-12-21-19(23)25/h1-4,6-9,14H,5,10-13H2,(H,21,25)(H,22,24). The van der Waals surface area contributed by atoms with Crippen LogP contribution in [0.15, 0.2) is 54.6 Å². The van der Waals surface area contributed by atoms with Crippen LogP contribution in [0, 0.1) is 0 Å². The van der Waals surface area contributed by atoms with E-state index in [1.807, 2.05) is 30.3 Å². The summed E-state index contributed by atoms with van der Waals surface area (Å²) in [7, 11) is 0. The van der Waals surface area contributed by atoms with E-state index in [1.54, 1.807) is 17.0 Å². The van der Waals surface area contributed by atoms with Crippen LogP contribution in [-0.2, 0) is 5.54 Å². The lowest BCUT2D eigenvalue weighted by molar-refractivity contribution is 0.0823. The van der Waals surface area contributed by atoms with Gasteiger partial charge in [0.1, 0.15) is 0 Å². The number of carbonyl (C=O) groups excluding carboxylic acids is 2. The van der Waals surface area contributed by atoms with E-state index in [9.17, 15) is 9.59 Å². The van der Waals surface area contributed by atoms with Crippen LogP contribution in [0.3, 0.4) is 0 Å². The Morgan fingerprint density at radius 3 is 2.52 bits per heavy atom. The van der Waals surface area contributed by atoms with Gasteiger partial charge in [-0.2, -0.15) is 0 Å². The molecular weight excluding hydrogens is 314 g/mol. The van der Waals surface area contributed by atoms with Crippen LogP contribution in [-0.4, -0.2) is 25.0 Å². The van der Waals surface area contributed by atoms with E-state index in [0.717, 1.165) is 30.5 Å². The van der Waals surface area contributed by atoms with E-state index in [1.165, 1.54) is 0 Å². The summed E-state index contributed by atoms with van der Waals surface area (Å²) in [4.78, 5) is 26.3. The highest BCUT2D eigenvalue weighted by Gasteiger charge is 2.40. The molecule has 1 aliphatic carbocycles. The van der Waals surface area contributed by atoms with Crippen molar-refractivity contribution in [3.8, 4) is 0 Å². The van der Waals surface area contributed by atoms with Gasteiger partial charge in [-0.15, -0.1) is 0 Å². The zero-order valence-electron chi connectivity index (χ0n) is 14.0. The van der Waals surface area contributed by atoms with Crippen LogP contribution < -0.4 is 15.5 Å². The summed E-state index contributed by atoms with van der Waals surface area (Å²) in [5.41, 5.74) is 2.23. The molecule has 2 aromatic carbocycles. The maximum Gasteiger partial charge on any atom is 0.321 e. The number of nitrogens with zero attached hydrogens (tertiary/aromatic N) is 1. The summed E-state index contributed by atoms with van der Waals surface area (Å²) in [6.45, 7) is 1.25. The quantitative estimate of drug-likeness (QED) is 0.902. The zero-order valence-corrected chi connectivity index (χ0v) is 14.0. The van der Waals surface area contributed by atoms with E-state index >= 15 is 0 Å². The Balaban J connectivity index is 1.56. The van der Waals surface area contributed by atoms with Crippen molar-refractivity contribution < 1.29 is 9.59 Å². The lowest BCUT2D eigenvalue weighted by Crippen LogP contribution is -2.50. The Hall–Kier alpha value is -2.82. The molecule has 1 heterocycles. The molecule has 1 aliphatic heterocycles. The number of rotatable bonds is 4. The SMILES string of the molecule is O=C(NC1(c2ccccc2)CCC1)c1cccc(N2CCNC2=O)c1. The van der Waals surface area contributed by atoms with Crippen molar-refractivity contribution in [3.05, 3.63) is 65.7 Å². The van der Waals surface area contributed by atoms with Gasteiger partial charge in [-0.25, -0.2) is 4.79 Å². The summed E-state index contributed by atoms with van der Waals surface area (Å²) in [5.74, 6) is -0.0926. The molecule has 2 aromatic rings. The van der Waals surface area contributed by atoms with Crippen molar-refractivity contribution >= 4 is 17.6 Å². The first-order valence-electron chi connectivity index (χ1n) is 8.71. The molecule has 1 saturated carbocycles. The minimum atomic E-state index is -0.265. The molecule has 2 aliphatic rings. The molecule has 0 radical (unpaired) electrons. The number of hydrogen-bond donors (Lipinski definition) is 2. The first kappa shape index (κ1) is 15.7.